The van der Waals surface area contributed by atoms with Gasteiger partial charge in [0, 0.05) is 33.2 Å². The first-order valence-electron chi connectivity index (χ1n) is 8.79. The van der Waals surface area contributed by atoms with E-state index in [1.54, 1.807) is 0 Å². The molecule has 1 aromatic rings. The molecule has 2 fully saturated rings. The maximum Gasteiger partial charge on any atom is 0.193 e. The number of likely N-dealkylation sites (tertiary alicyclic amines) is 1. The molecular weight excluding hydrogens is 284 g/mol. The molecule has 1 spiro atoms. The highest BCUT2D eigenvalue weighted by Gasteiger charge is 2.43. The topological polar surface area (TPSA) is 30.9 Å². The first-order chi connectivity index (χ1) is 11.1. The van der Waals surface area contributed by atoms with Gasteiger partial charge < -0.3 is 15.1 Å². The Kier molecular flexibility index (Phi) is 4.90. The van der Waals surface area contributed by atoms with E-state index in [-0.39, 0.29) is 0 Å². The van der Waals surface area contributed by atoms with Gasteiger partial charge in [0.05, 0.1) is 0 Å². The molecular formula is C19H30N4. The summed E-state index contributed by atoms with van der Waals surface area (Å²) in [5.74, 6) is 1.06. The SMILES string of the molecule is CN=C(NCc1ccccc1CN(C)C)N1CCC2(CCC2)C1. The van der Waals surface area contributed by atoms with Crippen molar-refractivity contribution in [3.05, 3.63) is 35.4 Å². The molecule has 1 saturated carbocycles. The van der Waals surface area contributed by atoms with Crippen molar-refractivity contribution in [1.82, 2.24) is 15.1 Å². The maximum atomic E-state index is 4.52. The highest BCUT2D eigenvalue weighted by atomic mass is 15.3. The average Bonchev–Trinajstić information content (AvgIpc) is 2.95. The Morgan fingerprint density at radius 1 is 1.22 bits per heavy atom. The first kappa shape index (κ1) is 16.3. The minimum atomic E-state index is 0.612. The number of rotatable bonds is 4. The van der Waals surface area contributed by atoms with Crippen LogP contribution in [0.3, 0.4) is 0 Å². The van der Waals surface area contributed by atoms with Gasteiger partial charge in [0.1, 0.15) is 0 Å². The monoisotopic (exact) mass is 314 g/mol. The van der Waals surface area contributed by atoms with E-state index < -0.39 is 0 Å². The predicted molar refractivity (Wildman–Crippen MR) is 96.5 cm³/mol. The lowest BCUT2D eigenvalue weighted by Crippen LogP contribution is -2.42. The highest BCUT2D eigenvalue weighted by molar-refractivity contribution is 5.80. The summed E-state index contributed by atoms with van der Waals surface area (Å²) in [6.45, 7) is 4.16. The molecule has 0 radical (unpaired) electrons. The second kappa shape index (κ2) is 6.91. The summed E-state index contributed by atoms with van der Waals surface area (Å²) in [5.41, 5.74) is 3.36. The van der Waals surface area contributed by atoms with Crippen LogP contribution in [-0.2, 0) is 13.1 Å². The first-order valence-corrected chi connectivity index (χ1v) is 8.79. The van der Waals surface area contributed by atoms with E-state index in [0.29, 0.717) is 5.41 Å². The number of benzene rings is 1. The lowest BCUT2D eigenvalue weighted by atomic mass is 9.68. The zero-order valence-electron chi connectivity index (χ0n) is 14.8. The highest BCUT2D eigenvalue weighted by Crippen LogP contribution is 2.47. The van der Waals surface area contributed by atoms with Gasteiger partial charge in [-0.2, -0.15) is 0 Å². The standard InChI is InChI=1S/C19H30N4/c1-20-18(23-12-11-19(15-23)9-6-10-19)21-13-16-7-4-5-8-17(16)14-22(2)3/h4-5,7-8H,6,9-15H2,1-3H3,(H,20,21). The fourth-order valence-corrected chi connectivity index (χ4v) is 3.93. The number of guanidine groups is 1. The van der Waals surface area contributed by atoms with Crippen molar-refractivity contribution in [2.24, 2.45) is 10.4 Å². The molecule has 0 unspecified atom stereocenters. The number of hydrogen-bond donors (Lipinski definition) is 1. The Hall–Kier alpha value is -1.55. The van der Waals surface area contributed by atoms with E-state index in [2.05, 4.69) is 58.5 Å². The summed E-state index contributed by atoms with van der Waals surface area (Å²) in [4.78, 5) is 9.19. The Bertz CT molecular complexity index is 560. The second-order valence-electron chi connectivity index (χ2n) is 7.43. The van der Waals surface area contributed by atoms with E-state index >= 15 is 0 Å². The van der Waals surface area contributed by atoms with Crippen molar-refractivity contribution >= 4 is 5.96 Å². The fraction of sp³-hybridized carbons (Fsp3) is 0.632. The van der Waals surface area contributed by atoms with Crippen LogP contribution < -0.4 is 5.32 Å². The second-order valence-corrected chi connectivity index (χ2v) is 7.43. The van der Waals surface area contributed by atoms with Crippen molar-refractivity contribution in [1.29, 1.82) is 0 Å². The van der Waals surface area contributed by atoms with E-state index in [0.717, 1.165) is 25.6 Å². The number of nitrogens with zero attached hydrogens (tertiary/aromatic N) is 3. The molecule has 1 heterocycles. The molecule has 126 valence electrons. The third-order valence-electron chi connectivity index (χ3n) is 5.41. The van der Waals surface area contributed by atoms with E-state index in [4.69, 9.17) is 0 Å². The third kappa shape index (κ3) is 3.69. The minimum absolute atomic E-state index is 0.612. The molecule has 1 aliphatic heterocycles. The van der Waals surface area contributed by atoms with Crippen LogP contribution in [0.2, 0.25) is 0 Å². The molecule has 23 heavy (non-hydrogen) atoms. The van der Waals surface area contributed by atoms with Crippen LogP contribution in [0, 0.1) is 5.41 Å². The molecule has 2 aliphatic rings. The van der Waals surface area contributed by atoms with E-state index in [9.17, 15) is 0 Å². The summed E-state index contributed by atoms with van der Waals surface area (Å²) >= 11 is 0. The third-order valence-corrected chi connectivity index (χ3v) is 5.41. The van der Waals surface area contributed by atoms with Crippen LogP contribution in [0.5, 0.6) is 0 Å². The quantitative estimate of drug-likeness (QED) is 0.685. The van der Waals surface area contributed by atoms with Gasteiger partial charge in [-0.25, -0.2) is 0 Å². The van der Waals surface area contributed by atoms with Crippen molar-refractivity contribution in [2.45, 2.75) is 38.8 Å². The molecule has 1 aromatic carbocycles. The van der Waals surface area contributed by atoms with Gasteiger partial charge in [0.25, 0.3) is 0 Å². The van der Waals surface area contributed by atoms with Crippen LogP contribution in [0.4, 0.5) is 0 Å². The molecule has 1 aliphatic carbocycles. The van der Waals surface area contributed by atoms with Gasteiger partial charge in [-0.3, -0.25) is 4.99 Å². The molecule has 0 aromatic heterocycles. The molecule has 0 atom stereocenters. The lowest BCUT2D eigenvalue weighted by Gasteiger charge is -2.38. The van der Waals surface area contributed by atoms with Gasteiger partial charge in [-0.05, 0) is 49.9 Å². The number of hydrogen-bond acceptors (Lipinski definition) is 2. The van der Waals surface area contributed by atoms with Crippen molar-refractivity contribution < 1.29 is 0 Å². The molecule has 4 heteroatoms. The Labute approximate surface area is 140 Å². The normalized spacial score (nSPS) is 20.2. The van der Waals surface area contributed by atoms with Crippen LogP contribution in [0.15, 0.2) is 29.3 Å². The average molecular weight is 314 g/mol. The molecule has 1 N–H and O–H groups in total. The Morgan fingerprint density at radius 2 is 1.96 bits per heavy atom. The minimum Gasteiger partial charge on any atom is -0.352 e. The Morgan fingerprint density at radius 3 is 2.52 bits per heavy atom. The number of nitrogens with one attached hydrogen (secondary N) is 1. The number of aliphatic imine (C=N–C) groups is 1. The molecule has 3 rings (SSSR count). The Balaban J connectivity index is 1.61. The van der Waals surface area contributed by atoms with Crippen molar-refractivity contribution in [2.75, 3.05) is 34.2 Å². The molecule has 4 nitrogen and oxygen atoms in total. The maximum absolute atomic E-state index is 4.52. The van der Waals surface area contributed by atoms with Gasteiger partial charge in [-0.1, -0.05) is 30.7 Å². The van der Waals surface area contributed by atoms with Crippen molar-refractivity contribution in [3.63, 3.8) is 0 Å². The van der Waals surface area contributed by atoms with Crippen LogP contribution in [0.1, 0.15) is 36.8 Å². The van der Waals surface area contributed by atoms with E-state index in [1.165, 1.54) is 43.4 Å². The van der Waals surface area contributed by atoms with E-state index in [1.807, 2.05) is 7.05 Å². The van der Waals surface area contributed by atoms with Gasteiger partial charge in [0.15, 0.2) is 5.96 Å². The van der Waals surface area contributed by atoms with Gasteiger partial charge in [0.2, 0.25) is 0 Å². The van der Waals surface area contributed by atoms with Crippen molar-refractivity contribution in [3.8, 4) is 0 Å². The van der Waals surface area contributed by atoms with Crippen LogP contribution in [0.25, 0.3) is 0 Å². The largest absolute Gasteiger partial charge is 0.352 e. The van der Waals surface area contributed by atoms with Crippen LogP contribution >= 0.6 is 0 Å². The smallest absolute Gasteiger partial charge is 0.193 e. The molecule has 1 saturated heterocycles. The predicted octanol–water partition coefficient (Wildman–Crippen LogP) is 2.70. The molecule has 0 bridgehead atoms. The summed E-state index contributed by atoms with van der Waals surface area (Å²) in [7, 11) is 6.14. The van der Waals surface area contributed by atoms with Crippen LogP contribution in [-0.4, -0.2) is 50.0 Å². The fourth-order valence-electron chi connectivity index (χ4n) is 3.93. The zero-order valence-corrected chi connectivity index (χ0v) is 14.8. The zero-order chi connectivity index (χ0) is 16.3. The summed E-state index contributed by atoms with van der Waals surface area (Å²) in [6.07, 6.45) is 5.57. The summed E-state index contributed by atoms with van der Waals surface area (Å²) in [6, 6.07) is 8.69. The lowest BCUT2D eigenvalue weighted by molar-refractivity contribution is 0.151. The van der Waals surface area contributed by atoms with Gasteiger partial charge >= 0.3 is 0 Å². The molecule has 0 amide bonds. The van der Waals surface area contributed by atoms with Gasteiger partial charge in [-0.15, -0.1) is 0 Å². The summed E-state index contributed by atoms with van der Waals surface area (Å²) in [5, 5.41) is 3.58. The summed E-state index contributed by atoms with van der Waals surface area (Å²) < 4.78 is 0.